The van der Waals surface area contributed by atoms with Crippen LogP contribution in [0.4, 0.5) is 4.79 Å². The summed E-state index contributed by atoms with van der Waals surface area (Å²) in [5.41, 5.74) is 4.34. The van der Waals surface area contributed by atoms with Crippen molar-refractivity contribution in [1.29, 1.82) is 0 Å². The molecule has 0 bridgehead atoms. The molecule has 4 heterocycles. The van der Waals surface area contributed by atoms with Gasteiger partial charge < -0.3 is 15.4 Å². The molecule has 1 saturated heterocycles. The number of fused-ring (bicyclic) bond motifs is 1. The number of carbonyl (C=O) groups excluding carboxylic acids is 2. The van der Waals surface area contributed by atoms with Crippen LogP contribution in [-0.4, -0.2) is 59.3 Å². The van der Waals surface area contributed by atoms with Gasteiger partial charge in [0.2, 0.25) is 5.91 Å². The number of primary amides is 1. The first-order valence-corrected chi connectivity index (χ1v) is 14.5. The number of ether oxygens (including phenoxy) is 1. The maximum absolute atomic E-state index is 13.9. The van der Waals surface area contributed by atoms with Crippen LogP contribution in [0.25, 0.3) is 28.4 Å². The molecule has 43 heavy (non-hydrogen) atoms. The minimum atomic E-state index is -0.846. The van der Waals surface area contributed by atoms with E-state index in [1.807, 2.05) is 20.8 Å². The van der Waals surface area contributed by atoms with Gasteiger partial charge in [-0.3, -0.25) is 23.7 Å². The molecule has 2 N–H and O–H groups in total. The summed E-state index contributed by atoms with van der Waals surface area (Å²) < 4.78 is 9.27. The minimum absolute atomic E-state index is 0.0401. The van der Waals surface area contributed by atoms with Crippen molar-refractivity contribution in [2.75, 3.05) is 13.1 Å². The van der Waals surface area contributed by atoms with Crippen LogP contribution in [0.15, 0.2) is 52.2 Å². The smallest absolute Gasteiger partial charge is 0.410 e. The number of rotatable bonds is 6. The van der Waals surface area contributed by atoms with Crippen molar-refractivity contribution in [1.82, 2.24) is 28.6 Å². The van der Waals surface area contributed by atoms with Crippen LogP contribution < -0.4 is 17.0 Å². The summed E-state index contributed by atoms with van der Waals surface area (Å²) in [5, 5.41) is 0.764. The number of imidazole rings is 1. The third kappa shape index (κ3) is 6.30. The molecule has 0 saturated carbocycles. The largest absolute Gasteiger partial charge is 0.444 e. The van der Waals surface area contributed by atoms with E-state index >= 15 is 0 Å². The van der Waals surface area contributed by atoms with Crippen molar-refractivity contribution < 1.29 is 14.3 Å². The molecule has 0 spiro atoms. The van der Waals surface area contributed by atoms with Crippen molar-refractivity contribution in [2.45, 2.75) is 52.3 Å². The number of benzene rings is 1. The Bertz CT molecular complexity index is 1810. The van der Waals surface area contributed by atoms with E-state index in [9.17, 15) is 19.2 Å². The summed E-state index contributed by atoms with van der Waals surface area (Å²) >= 11 is 12.7. The van der Waals surface area contributed by atoms with Gasteiger partial charge in [-0.1, -0.05) is 23.2 Å². The monoisotopic (exact) mass is 627 g/mol. The van der Waals surface area contributed by atoms with Gasteiger partial charge in [0.1, 0.15) is 17.8 Å². The van der Waals surface area contributed by atoms with E-state index < -0.39 is 29.3 Å². The molecular weight excluding hydrogens is 597 g/mol. The van der Waals surface area contributed by atoms with E-state index in [0.717, 1.165) is 4.57 Å². The second-order valence-corrected chi connectivity index (χ2v) is 12.3. The predicted molar refractivity (Wildman–Crippen MR) is 163 cm³/mol. The number of carbonyl (C=O) groups is 2. The Morgan fingerprint density at radius 2 is 1.72 bits per heavy atom. The van der Waals surface area contributed by atoms with E-state index in [1.54, 1.807) is 52.1 Å². The molecule has 0 aliphatic carbocycles. The fraction of sp³-hybridized carbons (Fsp3) is 0.379. The van der Waals surface area contributed by atoms with E-state index in [2.05, 4.69) is 4.98 Å². The lowest BCUT2D eigenvalue weighted by Crippen LogP contribution is -2.45. The van der Waals surface area contributed by atoms with Gasteiger partial charge in [0.25, 0.3) is 5.56 Å². The Labute approximate surface area is 256 Å². The predicted octanol–water partition coefficient (Wildman–Crippen LogP) is 3.85. The zero-order chi connectivity index (χ0) is 31.1. The highest BCUT2D eigenvalue weighted by atomic mass is 35.5. The number of hydrogen-bond acceptors (Lipinski definition) is 7. The summed E-state index contributed by atoms with van der Waals surface area (Å²) in [6.45, 7) is 5.88. The van der Waals surface area contributed by atoms with Gasteiger partial charge in [-0.05, 0) is 75.9 Å². The minimum Gasteiger partial charge on any atom is -0.444 e. The lowest BCUT2D eigenvalue weighted by molar-refractivity contribution is -0.118. The lowest BCUT2D eigenvalue weighted by atomic mass is 9.97. The highest BCUT2D eigenvalue weighted by Gasteiger charge is 2.30. The topological polar surface area (TPSA) is 147 Å². The normalized spacial score (nSPS) is 14.3. The summed E-state index contributed by atoms with van der Waals surface area (Å²) in [5.74, 6) is -0.659. The Balaban J connectivity index is 1.66. The Hall–Kier alpha value is -4.16. The third-order valence-corrected chi connectivity index (χ3v) is 7.66. The fourth-order valence-electron chi connectivity index (χ4n) is 5.13. The van der Waals surface area contributed by atoms with Crippen LogP contribution in [0.5, 0.6) is 0 Å². The third-order valence-electron chi connectivity index (χ3n) is 7.10. The van der Waals surface area contributed by atoms with Crippen molar-refractivity contribution in [3.8, 4) is 17.2 Å². The highest BCUT2D eigenvalue weighted by Crippen LogP contribution is 2.31. The maximum Gasteiger partial charge on any atom is 0.410 e. The number of nitrogens with zero attached hydrogens (tertiary/aromatic N) is 6. The molecule has 0 radical (unpaired) electrons. The molecule has 0 atom stereocenters. The zero-order valence-electron chi connectivity index (χ0n) is 23.9. The van der Waals surface area contributed by atoms with Crippen molar-refractivity contribution >= 4 is 46.4 Å². The van der Waals surface area contributed by atoms with Crippen LogP contribution in [0.3, 0.4) is 0 Å². The Morgan fingerprint density at radius 1 is 1.05 bits per heavy atom. The molecule has 226 valence electrons. The first-order chi connectivity index (χ1) is 20.3. The van der Waals surface area contributed by atoms with Gasteiger partial charge in [0.05, 0.1) is 5.02 Å². The standard InChI is InChI=1S/C29H31Cl2N7O5/c1-29(2,3)43-28(42)35-13-10-17(11-14-35)15-36-25-23(26(40)37(27(36)41)16-21(32)39)38(19-8-6-18(30)7-9-19)24(34-25)22-20(31)5-4-12-33-22/h4-9,12,17H,10-11,13-16H2,1-3H3,(H2,32,39). The summed E-state index contributed by atoms with van der Waals surface area (Å²) in [7, 11) is 0. The van der Waals surface area contributed by atoms with Crippen LogP contribution >= 0.6 is 23.2 Å². The number of likely N-dealkylation sites (tertiary alicyclic amines) is 1. The SMILES string of the molecule is CC(C)(C)OC(=O)N1CCC(Cn2c(=O)n(CC(N)=O)c(=O)c3c2nc(-c2ncccc2Cl)n3-c2ccc(Cl)cc2)CC1. The summed E-state index contributed by atoms with van der Waals surface area (Å²) in [4.78, 5) is 63.0. The van der Waals surface area contributed by atoms with Crippen LogP contribution in [0.1, 0.15) is 33.6 Å². The van der Waals surface area contributed by atoms with E-state index in [4.69, 9.17) is 38.7 Å². The van der Waals surface area contributed by atoms with Gasteiger partial charge in [-0.2, -0.15) is 0 Å². The van der Waals surface area contributed by atoms with Gasteiger partial charge in [-0.25, -0.2) is 19.1 Å². The molecule has 1 aliphatic heterocycles. The molecule has 5 rings (SSSR count). The van der Waals surface area contributed by atoms with Crippen LogP contribution in [0.2, 0.25) is 10.0 Å². The average Bonchev–Trinajstić information content (AvgIpc) is 3.34. The van der Waals surface area contributed by atoms with Crippen molar-refractivity contribution in [3.63, 3.8) is 0 Å². The number of pyridine rings is 1. The van der Waals surface area contributed by atoms with E-state index in [-0.39, 0.29) is 40.6 Å². The van der Waals surface area contributed by atoms with Crippen LogP contribution in [-0.2, 0) is 22.6 Å². The fourth-order valence-corrected chi connectivity index (χ4v) is 5.46. The van der Waals surface area contributed by atoms with Crippen molar-refractivity contribution in [3.05, 3.63) is 73.5 Å². The van der Waals surface area contributed by atoms with Gasteiger partial charge >= 0.3 is 11.8 Å². The first kappa shape index (κ1) is 30.3. The number of amides is 2. The lowest BCUT2D eigenvalue weighted by Gasteiger charge is -2.33. The first-order valence-electron chi connectivity index (χ1n) is 13.7. The molecule has 1 fully saturated rings. The second kappa shape index (κ2) is 11.8. The van der Waals surface area contributed by atoms with Gasteiger partial charge in [0, 0.05) is 36.5 Å². The van der Waals surface area contributed by atoms with E-state index in [1.165, 1.54) is 4.57 Å². The number of hydrogen-bond donors (Lipinski definition) is 1. The van der Waals surface area contributed by atoms with Gasteiger partial charge in [-0.15, -0.1) is 0 Å². The molecule has 14 heteroatoms. The molecule has 3 aromatic heterocycles. The number of piperidine rings is 1. The maximum atomic E-state index is 13.9. The molecule has 2 amide bonds. The second-order valence-electron chi connectivity index (χ2n) is 11.4. The van der Waals surface area contributed by atoms with Crippen molar-refractivity contribution in [2.24, 2.45) is 11.7 Å². The molecule has 12 nitrogen and oxygen atoms in total. The highest BCUT2D eigenvalue weighted by molar-refractivity contribution is 6.33. The Morgan fingerprint density at radius 3 is 2.33 bits per heavy atom. The summed E-state index contributed by atoms with van der Waals surface area (Å²) in [6.07, 6.45) is 2.32. The number of halogens is 2. The number of aromatic nitrogens is 5. The molecule has 0 unspecified atom stereocenters. The summed E-state index contributed by atoms with van der Waals surface area (Å²) in [6, 6.07) is 10.0. The average molecular weight is 629 g/mol. The van der Waals surface area contributed by atoms with Gasteiger partial charge in [0.15, 0.2) is 17.0 Å². The molecule has 4 aromatic rings. The van der Waals surface area contributed by atoms with E-state index in [0.29, 0.717) is 42.3 Å². The molecule has 1 aliphatic rings. The molecule has 1 aromatic carbocycles. The van der Waals surface area contributed by atoms with Crippen LogP contribution in [0, 0.1) is 5.92 Å². The number of nitrogens with two attached hydrogens (primary N) is 1. The Kier molecular flexibility index (Phi) is 8.35. The zero-order valence-corrected chi connectivity index (χ0v) is 25.4. The quantitative estimate of drug-likeness (QED) is 0.341. The molecular formula is C29H31Cl2N7O5.